The molecule has 9 heteroatoms. The highest BCUT2D eigenvalue weighted by Crippen LogP contribution is 2.27. The van der Waals surface area contributed by atoms with Crippen LogP contribution >= 0.6 is 11.6 Å². The highest BCUT2D eigenvalue weighted by molar-refractivity contribution is 6.31. The zero-order chi connectivity index (χ0) is 21.8. The summed E-state index contributed by atoms with van der Waals surface area (Å²) in [6.45, 7) is 1.92. The fraction of sp³-hybridized carbons (Fsp3) is 0.0909. The summed E-state index contributed by atoms with van der Waals surface area (Å²) in [6, 6.07) is 16.2. The van der Waals surface area contributed by atoms with Crippen LogP contribution in [0.3, 0.4) is 0 Å². The summed E-state index contributed by atoms with van der Waals surface area (Å²) >= 11 is 6.05. The summed E-state index contributed by atoms with van der Waals surface area (Å²) in [7, 11) is 1.55. The highest BCUT2D eigenvalue weighted by atomic mass is 35.5. The number of ether oxygens (including phenoxy) is 1. The molecule has 0 fully saturated rings. The van der Waals surface area contributed by atoms with Crippen LogP contribution < -0.4 is 15.4 Å². The molecule has 0 atom stereocenters. The first kappa shape index (κ1) is 20.4. The van der Waals surface area contributed by atoms with E-state index in [1.54, 1.807) is 49.5 Å². The van der Waals surface area contributed by atoms with Gasteiger partial charge in [-0.25, -0.2) is 0 Å². The molecule has 1 amide bonds. The number of hydrogen-bond acceptors (Lipinski definition) is 7. The lowest BCUT2D eigenvalue weighted by Crippen LogP contribution is -2.18. The van der Waals surface area contributed by atoms with Crippen LogP contribution in [-0.2, 0) is 0 Å². The molecule has 8 nitrogen and oxygen atoms in total. The van der Waals surface area contributed by atoms with E-state index >= 15 is 0 Å². The molecule has 4 aromatic rings. The first-order chi connectivity index (χ1) is 15.0. The number of hydrogen-bond donors (Lipinski definition) is 2. The van der Waals surface area contributed by atoms with Crippen molar-refractivity contribution in [1.82, 2.24) is 20.5 Å². The third-order valence-electron chi connectivity index (χ3n) is 4.36. The number of anilines is 2. The van der Waals surface area contributed by atoms with Gasteiger partial charge in [-0.05, 0) is 61.0 Å². The molecule has 0 bridgehead atoms. The maximum absolute atomic E-state index is 11.7. The number of benzene rings is 2. The van der Waals surface area contributed by atoms with Crippen molar-refractivity contribution in [1.29, 1.82) is 0 Å². The Kier molecular flexibility index (Phi) is 5.81. The summed E-state index contributed by atoms with van der Waals surface area (Å²) in [6.07, 6.45) is 1.52. The van der Waals surface area contributed by atoms with Gasteiger partial charge in [0.15, 0.2) is 0 Å². The van der Waals surface area contributed by atoms with Gasteiger partial charge in [0.05, 0.1) is 0 Å². The Morgan fingerprint density at radius 2 is 1.84 bits per heavy atom. The molecule has 0 aliphatic carbocycles. The van der Waals surface area contributed by atoms with Crippen LogP contribution in [0.25, 0.3) is 11.5 Å². The maximum atomic E-state index is 11.7. The summed E-state index contributed by atoms with van der Waals surface area (Å²) in [5.74, 6) is 1.18. The Morgan fingerprint density at radius 1 is 1.03 bits per heavy atom. The van der Waals surface area contributed by atoms with Crippen LogP contribution in [0, 0.1) is 6.92 Å². The fourth-order valence-electron chi connectivity index (χ4n) is 2.76. The summed E-state index contributed by atoms with van der Waals surface area (Å²) in [4.78, 5) is 15.7. The van der Waals surface area contributed by atoms with E-state index in [0.29, 0.717) is 22.4 Å². The van der Waals surface area contributed by atoms with E-state index < -0.39 is 0 Å². The van der Waals surface area contributed by atoms with E-state index in [0.717, 1.165) is 16.8 Å². The monoisotopic (exact) mass is 435 g/mol. The molecule has 31 heavy (non-hydrogen) atoms. The molecule has 2 N–H and O–H groups in total. The van der Waals surface area contributed by atoms with Crippen molar-refractivity contribution in [3.05, 3.63) is 77.1 Å². The lowest BCUT2D eigenvalue weighted by atomic mass is 10.2. The van der Waals surface area contributed by atoms with Crippen molar-refractivity contribution in [2.75, 3.05) is 12.4 Å². The predicted octanol–water partition coefficient (Wildman–Crippen LogP) is 4.99. The van der Waals surface area contributed by atoms with Crippen LogP contribution in [0.4, 0.5) is 11.7 Å². The number of rotatable bonds is 6. The smallest absolute Gasteiger partial charge is 0.320 e. The van der Waals surface area contributed by atoms with Crippen molar-refractivity contribution >= 4 is 29.2 Å². The minimum absolute atomic E-state index is 0.274. The van der Waals surface area contributed by atoms with Crippen LogP contribution in [0.2, 0.25) is 5.02 Å². The number of nitrogens with one attached hydrogen (secondary N) is 2. The standard InChI is InChI=1S/C22H18ClN5O3/c1-13-11-15(5-8-18(13)23)26-22-28-27-21(31-22)14-3-6-16(7-4-14)30-17-9-10-25-19(12-17)20(29)24-2/h3-12H,1-2H3,(H,24,29)(H,26,28). The quantitative estimate of drug-likeness (QED) is 0.439. The molecule has 2 aromatic carbocycles. The van der Waals surface area contributed by atoms with E-state index in [1.165, 1.54) is 6.20 Å². The number of carbonyl (C=O) groups is 1. The predicted molar refractivity (Wildman–Crippen MR) is 117 cm³/mol. The molecule has 156 valence electrons. The molecular weight excluding hydrogens is 418 g/mol. The first-order valence-corrected chi connectivity index (χ1v) is 9.73. The lowest BCUT2D eigenvalue weighted by Gasteiger charge is -2.07. The number of pyridine rings is 1. The van der Waals surface area contributed by atoms with Gasteiger partial charge >= 0.3 is 6.01 Å². The molecule has 4 rings (SSSR count). The molecule has 2 aromatic heterocycles. The normalized spacial score (nSPS) is 10.5. The van der Waals surface area contributed by atoms with E-state index in [-0.39, 0.29) is 17.6 Å². The van der Waals surface area contributed by atoms with Gasteiger partial charge in [0.2, 0.25) is 5.89 Å². The molecule has 0 spiro atoms. The van der Waals surface area contributed by atoms with Crippen molar-refractivity contribution in [2.24, 2.45) is 0 Å². The van der Waals surface area contributed by atoms with E-state index in [1.807, 2.05) is 19.1 Å². The van der Waals surface area contributed by atoms with Crippen molar-refractivity contribution < 1.29 is 13.9 Å². The molecule has 0 aliphatic rings. The van der Waals surface area contributed by atoms with Crippen LogP contribution in [0.5, 0.6) is 11.5 Å². The van der Waals surface area contributed by atoms with E-state index in [9.17, 15) is 4.79 Å². The third kappa shape index (κ3) is 4.81. The topological polar surface area (TPSA) is 102 Å². The Hall–Kier alpha value is -3.91. The Bertz CT molecular complexity index is 1220. The molecule has 0 saturated heterocycles. The number of nitrogens with zero attached hydrogens (tertiary/aromatic N) is 3. The van der Waals surface area contributed by atoms with Crippen molar-refractivity contribution in [3.8, 4) is 23.0 Å². The Labute approximate surface area is 183 Å². The van der Waals surface area contributed by atoms with Gasteiger partial charge in [-0.1, -0.05) is 16.7 Å². The van der Waals surface area contributed by atoms with E-state index in [2.05, 4.69) is 25.8 Å². The zero-order valence-electron chi connectivity index (χ0n) is 16.7. The molecule has 2 heterocycles. The zero-order valence-corrected chi connectivity index (χ0v) is 17.5. The first-order valence-electron chi connectivity index (χ1n) is 9.35. The molecule has 0 saturated carbocycles. The minimum Gasteiger partial charge on any atom is -0.457 e. The second kappa shape index (κ2) is 8.85. The van der Waals surface area contributed by atoms with Crippen molar-refractivity contribution in [3.63, 3.8) is 0 Å². The van der Waals surface area contributed by atoms with Gasteiger partial charge in [0.25, 0.3) is 5.91 Å². The van der Waals surface area contributed by atoms with Gasteiger partial charge < -0.3 is 19.8 Å². The second-order valence-corrected chi connectivity index (χ2v) is 6.99. The van der Waals surface area contributed by atoms with Gasteiger partial charge in [-0.15, -0.1) is 5.10 Å². The van der Waals surface area contributed by atoms with Gasteiger partial charge in [0, 0.05) is 35.6 Å². The number of halogens is 1. The number of carbonyl (C=O) groups excluding carboxylic acids is 1. The van der Waals surface area contributed by atoms with Gasteiger partial charge in [0.1, 0.15) is 17.2 Å². The molecule has 0 aliphatic heterocycles. The third-order valence-corrected chi connectivity index (χ3v) is 4.79. The number of aromatic nitrogens is 3. The van der Waals surface area contributed by atoms with Gasteiger partial charge in [-0.2, -0.15) is 0 Å². The Morgan fingerprint density at radius 3 is 2.58 bits per heavy atom. The van der Waals surface area contributed by atoms with E-state index in [4.69, 9.17) is 20.8 Å². The average molecular weight is 436 g/mol. The highest BCUT2D eigenvalue weighted by Gasteiger charge is 2.11. The molecule has 0 radical (unpaired) electrons. The number of aryl methyl sites for hydroxylation is 1. The van der Waals surface area contributed by atoms with Gasteiger partial charge in [-0.3, -0.25) is 9.78 Å². The fourth-order valence-corrected chi connectivity index (χ4v) is 2.88. The number of amides is 1. The average Bonchev–Trinajstić information content (AvgIpc) is 3.25. The van der Waals surface area contributed by atoms with Crippen molar-refractivity contribution in [2.45, 2.75) is 6.92 Å². The van der Waals surface area contributed by atoms with Crippen LogP contribution in [0.1, 0.15) is 16.1 Å². The van der Waals surface area contributed by atoms with Crippen LogP contribution in [0.15, 0.2) is 65.2 Å². The minimum atomic E-state index is -0.282. The largest absolute Gasteiger partial charge is 0.457 e. The lowest BCUT2D eigenvalue weighted by molar-refractivity contribution is 0.0958. The Balaban J connectivity index is 1.45. The summed E-state index contributed by atoms with van der Waals surface area (Å²) < 4.78 is 11.5. The van der Waals surface area contributed by atoms with Crippen LogP contribution in [-0.4, -0.2) is 28.1 Å². The SMILES string of the molecule is CNC(=O)c1cc(Oc2ccc(-c3nnc(Nc4ccc(Cl)c(C)c4)o3)cc2)ccn1. The summed E-state index contributed by atoms with van der Waals surface area (Å²) in [5.41, 5.74) is 2.76. The second-order valence-electron chi connectivity index (χ2n) is 6.58. The molecular formula is C22H18ClN5O3. The summed E-state index contributed by atoms with van der Waals surface area (Å²) in [5, 5.41) is 14.4. The maximum Gasteiger partial charge on any atom is 0.320 e. The molecule has 0 unspecified atom stereocenters.